The van der Waals surface area contributed by atoms with Gasteiger partial charge in [0.15, 0.2) is 6.10 Å². The van der Waals surface area contributed by atoms with Gasteiger partial charge in [0.2, 0.25) is 0 Å². The highest BCUT2D eigenvalue weighted by molar-refractivity contribution is 5.71. The molecule has 0 rings (SSSR count). The molecule has 0 heterocycles. The molecule has 0 amide bonds. The highest BCUT2D eigenvalue weighted by Gasteiger charge is 2.19. The summed E-state index contributed by atoms with van der Waals surface area (Å²) in [6.45, 7) is 6.48. The smallest absolute Gasteiger partial charge is 0.306 e. The van der Waals surface area contributed by atoms with E-state index in [-0.39, 0.29) is 44.0 Å². The van der Waals surface area contributed by atoms with E-state index in [1.165, 1.54) is 103 Å². The maximum Gasteiger partial charge on any atom is 0.306 e. The molecule has 0 aliphatic heterocycles. The summed E-state index contributed by atoms with van der Waals surface area (Å²) in [5, 5.41) is 0. The fourth-order valence-corrected chi connectivity index (χ4v) is 6.96. The molecule has 0 bridgehead atoms. The van der Waals surface area contributed by atoms with E-state index in [4.69, 9.17) is 14.2 Å². The molecule has 0 aromatic rings. The second kappa shape index (κ2) is 52.9. The quantitative estimate of drug-likeness (QED) is 0.0262. The topological polar surface area (TPSA) is 78.9 Å². The van der Waals surface area contributed by atoms with Crippen molar-refractivity contribution >= 4 is 17.9 Å². The Morgan fingerprint density at radius 1 is 0.308 bits per heavy atom. The Morgan fingerprint density at radius 3 is 1.00 bits per heavy atom. The summed E-state index contributed by atoms with van der Waals surface area (Å²) < 4.78 is 16.7. The van der Waals surface area contributed by atoms with Crippen molar-refractivity contribution in [3.63, 3.8) is 0 Å². The van der Waals surface area contributed by atoms with Gasteiger partial charge in [-0.3, -0.25) is 14.4 Å². The van der Waals surface area contributed by atoms with E-state index in [0.29, 0.717) is 19.3 Å². The van der Waals surface area contributed by atoms with E-state index in [1.807, 2.05) is 0 Å². The Morgan fingerprint density at radius 2 is 0.569 bits per heavy atom. The van der Waals surface area contributed by atoms with Crippen molar-refractivity contribution < 1.29 is 28.6 Å². The van der Waals surface area contributed by atoms with Gasteiger partial charge in [-0.25, -0.2) is 0 Å². The van der Waals surface area contributed by atoms with Gasteiger partial charge >= 0.3 is 17.9 Å². The Labute approximate surface area is 400 Å². The minimum Gasteiger partial charge on any atom is -0.462 e. The van der Waals surface area contributed by atoms with Crippen molar-refractivity contribution in [2.45, 2.75) is 245 Å². The van der Waals surface area contributed by atoms with Crippen molar-refractivity contribution in [2.24, 2.45) is 0 Å². The summed E-state index contributed by atoms with van der Waals surface area (Å²) >= 11 is 0. The Balaban J connectivity index is 4.56. The third kappa shape index (κ3) is 51.2. The minimum atomic E-state index is -0.823. The van der Waals surface area contributed by atoms with Gasteiger partial charge in [0.1, 0.15) is 13.2 Å². The zero-order chi connectivity index (χ0) is 47.2. The summed E-state index contributed by atoms with van der Waals surface area (Å²) in [5.41, 5.74) is 0. The van der Waals surface area contributed by atoms with Crippen LogP contribution in [-0.4, -0.2) is 37.2 Å². The van der Waals surface area contributed by atoms with E-state index in [1.54, 1.807) is 0 Å². The Kier molecular flexibility index (Phi) is 50.0. The van der Waals surface area contributed by atoms with Crippen molar-refractivity contribution in [1.29, 1.82) is 0 Å². The molecule has 0 aromatic heterocycles. The van der Waals surface area contributed by atoms with Gasteiger partial charge < -0.3 is 14.2 Å². The molecular weight excluding hydrogens is 805 g/mol. The zero-order valence-corrected chi connectivity index (χ0v) is 42.2. The maximum absolute atomic E-state index is 12.8. The number of allylic oxidation sites excluding steroid dienone is 16. The van der Waals surface area contributed by atoms with Crippen molar-refractivity contribution in [3.05, 3.63) is 97.2 Å². The number of carbonyl (C=O) groups excluding carboxylic acids is 3. The van der Waals surface area contributed by atoms with Crippen LogP contribution in [0.5, 0.6) is 0 Å². The molecule has 0 saturated heterocycles. The molecule has 0 saturated carbocycles. The molecule has 0 spiro atoms. The van der Waals surface area contributed by atoms with Gasteiger partial charge in [0, 0.05) is 19.3 Å². The van der Waals surface area contributed by atoms with E-state index < -0.39 is 6.10 Å². The second-order valence-electron chi connectivity index (χ2n) is 17.4. The first-order chi connectivity index (χ1) is 32.0. The molecule has 0 aliphatic carbocycles. The predicted octanol–water partition coefficient (Wildman–Crippen LogP) is 17.8. The molecule has 6 heteroatoms. The number of ether oxygens (including phenoxy) is 3. The van der Waals surface area contributed by atoms with E-state index in [9.17, 15) is 14.4 Å². The van der Waals surface area contributed by atoms with Crippen molar-refractivity contribution in [3.8, 4) is 0 Å². The second-order valence-corrected chi connectivity index (χ2v) is 17.4. The minimum absolute atomic E-state index is 0.115. The van der Waals surface area contributed by atoms with Gasteiger partial charge in [0.25, 0.3) is 0 Å². The first-order valence-electron chi connectivity index (χ1n) is 26.7. The molecule has 0 unspecified atom stereocenters. The van der Waals surface area contributed by atoms with Crippen molar-refractivity contribution in [2.75, 3.05) is 13.2 Å². The van der Waals surface area contributed by atoms with Crippen LogP contribution >= 0.6 is 0 Å². The van der Waals surface area contributed by atoms with Crippen LogP contribution in [0.25, 0.3) is 0 Å². The van der Waals surface area contributed by atoms with Crippen molar-refractivity contribution in [1.82, 2.24) is 0 Å². The lowest BCUT2D eigenvalue weighted by Crippen LogP contribution is -2.30. The molecule has 0 aromatic carbocycles. The summed E-state index contributed by atoms with van der Waals surface area (Å²) in [4.78, 5) is 38.0. The van der Waals surface area contributed by atoms with Gasteiger partial charge in [0.05, 0.1) is 0 Å². The monoisotopic (exact) mass is 903 g/mol. The van der Waals surface area contributed by atoms with E-state index >= 15 is 0 Å². The molecule has 0 fully saturated rings. The Bertz CT molecular complexity index is 1310. The average Bonchev–Trinajstić information content (AvgIpc) is 3.30. The molecule has 6 nitrogen and oxygen atoms in total. The van der Waals surface area contributed by atoms with Gasteiger partial charge in [-0.1, -0.05) is 195 Å². The lowest BCUT2D eigenvalue weighted by atomic mass is 10.1. The molecule has 1 atom stereocenters. The SMILES string of the molecule is CCCCC/C=C\C/C=C\C/C=C\C/C=C\CCCC(=O)OC[C@@H](COC(=O)CCCCCCC/C=C\CCCCCCCC)OC(=O)CCCC/C=C\C/C=C\C/C=C\CCCCC. The third-order valence-electron chi connectivity index (χ3n) is 11.0. The average molecular weight is 903 g/mol. The van der Waals surface area contributed by atoms with Crippen LogP contribution in [0.15, 0.2) is 97.2 Å². The molecule has 0 aliphatic rings. The van der Waals surface area contributed by atoms with Crippen LogP contribution in [-0.2, 0) is 28.6 Å². The van der Waals surface area contributed by atoms with Crippen LogP contribution in [0, 0.1) is 0 Å². The third-order valence-corrected chi connectivity index (χ3v) is 11.0. The van der Waals surface area contributed by atoms with Crippen LogP contribution < -0.4 is 0 Å². The number of unbranched alkanes of at least 4 members (excludes halogenated alkanes) is 20. The fourth-order valence-electron chi connectivity index (χ4n) is 6.96. The van der Waals surface area contributed by atoms with Gasteiger partial charge in [-0.05, 0) is 122 Å². The number of carbonyl (C=O) groups is 3. The van der Waals surface area contributed by atoms with E-state index in [0.717, 1.165) is 83.5 Å². The fraction of sp³-hybridized carbons (Fsp3) is 0.678. The Hall–Kier alpha value is -3.67. The molecule has 65 heavy (non-hydrogen) atoms. The summed E-state index contributed by atoms with van der Waals surface area (Å²) in [6.07, 6.45) is 69.7. The highest BCUT2D eigenvalue weighted by Crippen LogP contribution is 2.12. The molecular formula is C59H98O6. The summed E-state index contributed by atoms with van der Waals surface area (Å²) in [5.74, 6) is -1.02. The van der Waals surface area contributed by atoms with Crippen LogP contribution in [0.3, 0.4) is 0 Å². The summed E-state index contributed by atoms with van der Waals surface area (Å²) in [7, 11) is 0. The number of esters is 3. The van der Waals surface area contributed by atoms with Crippen LogP contribution in [0.4, 0.5) is 0 Å². The zero-order valence-electron chi connectivity index (χ0n) is 42.2. The van der Waals surface area contributed by atoms with Crippen LogP contribution in [0.1, 0.15) is 239 Å². The lowest BCUT2D eigenvalue weighted by Gasteiger charge is -2.18. The normalized spacial score (nSPS) is 12.8. The maximum atomic E-state index is 12.8. The van der Waals surface area contributed by atoms with Gasteiger partial charge in [-0.2, -0.15) is 0 Å². The van der Waals surface area contributed by atoms with Gasteiger partial charge in [-0.15, -0.1) is 0 Å². The number of rotatable bonds is 47. The number of hydrogen-bond acceptors (Lipinski definition) is 6. The standard InChI is InChI=1S/C59H98O6/c1-4-7-10-13-16-19-22-25-28-29-32-34-37-40-43-46-49-52-58(61)64-55-56(65-59(62)53-50-47-44-41-38-35-31-27-24-21-18-15-12-9-6-3)54-63-57(60)51-48-45-42-39-36-33-30-26-23-20-17-14-11-8-5-2/h16,18-19,21,25-28,30-32,34,38,40-41,43,56H,4-15,17,20,22-24,29,33,35-37,39,42,44-55H2,1-3H3/b19-16-,21-18-,28-25-,30-26-,31-27-,34-32-,41-38-,43-40-/t56-/m1/s1. The molecule has 0 radical (unpaired) electrons. The summed E-state index contributed by atoms with van der Waals surface area (Å²) in [6, 6.07) is 0. The molecule has 370 valence electrons. The lowest BCUT2D eigenvalue weighted by molar-refractivity contribution is -0.167. The first-order valence-corrected chi connectivity index (χ1v) is 26.7. The number of hydrogen-bond donors (Lipinski definition) is 0. The van der Waals surface area contributed by atoms with Crippen LogP contribution in [0.2, 0.25) is 0 Å². The van der Waals surface area contributed by atoms with E-state index in [2.05, 4.69) is 118 Å². The molecule has 0 N–H and O–H groups in total. The predicted molar refractivity (Wildman–Crippen MR) is 279 cm³/mol. The largest absolute Gasteiger partial charge is 0.462 e. The highest BCUT2D eigenvalue weighted by atomic mass is 16.6. The first kappa shape index (κ1) is 61.3.